The fraction of sp³-hybridized carbons (Fsp3) is 0.467. The van der Waals surface area contributed by atoms with Crippen LogP contribution in [-0.2, 0) is 20.9 Å². The molecule has 2 rings (SSSR count). The van der Waals surface area contributed by atoms with Crippen LogP contribution in [0.5, 0.6) is 0 Å². The van der Waals surface area contributed by atoms with Gasteiger partial charge in [-0.3, -0.25) is 9.59 Å². The molecule has 114 valence electrons. The molecule has 2 atom stereocenters. The van der Waals surface area contributed by atoms with Gasteiger partial charge in [-0.1, -0.05) is 23.7 Å². The lowest BCUT2D eigenvalue weighted by molar-refractivity contribution is -0.127. The molecule has 2 amide bonds. The molecule has 0 saturated heterocycles. The molecular formula is C15H19ClN2O3. The maximum absolute atomic E-state index is 11.9. The molecule has 6 heteroatoms. The summed E-state index contributed by atoms with van der Waals surface area (Å²) in [4.78, 5) is 23.7. The maximum atomic E-state index is 11.9. The van der Waals surface area contributed by atoms with Crippen molar-refractivity contribution in [1.29, 1.82) is 0 Å². The minimum Gasteiger partial charge on any atom is -0.383 e. The summed E-state index contributed by atoms with van der Waals surface area (Å²) < 4.78 is 4.86. The smallest absolute Gasteiger partial charge is 0.224 e. The van der Waals surface area contributed by atoms with Crippen LogP contribution in [0.25, 0.3) is 0 Å². The number of benzene rings is 1. The SMILES string of the molecule is COCCNC(=O)C1CC1C(=O)NCc1ccc(Cl)cc1. The predicted octanol–water partition coefficient (Wildman–Crippen LogP) is 1.35. The number of amides is 2. The molecule has 0 heterocycles. The van der Waals surface area contributed by atoms with Gasteiger partial charge in [0, 0.05) is 25.2 Å². The molecule has 0 radical (unpaired) electrons. The highest BCUT2D eigenvalue weighted by Gasteiger charge is 2.47. The van der Waals surface area contributed by atoms with Crippen LogP contribution in [0.3, 0.4) is 0 Å². The minimum atomic E-state index is -0.208. The van der Waals surface area contributed by atoms with E-state index in [-0.39, 0.29) is 23.7 Å². The normalized spacial score (nSPS) is 19.9. The zero-order chi connectivity index (χ0) is 15.2. The fourth-order valence-corrected chi connectivity index (χ4v) is 2.23. The average molecular weight is 311 g/mol. The van der Waals surface area contributed by atoms with Gasteiger partial charge in [0.1, 0.15) is 0 Å². The van der Waals surface area contributed by atoms with E-state index in [1.54, 1.807) is 19.2 Å². The van der Waals surface area contributed by atoms with Crippen molar-refractivity contribution in [2.75, 3.05) is 20.3 Å². The molecule has 1 aromatic carbocycles. The van der Waals surface area contributed by atoms with Crippen molar-refractivity contribution in [3.63, 3.8) is 0 Å². The summed E-state index contributed by atoms with van der Waals surface area (Å²) in [7, 11) is 1.58. The van der Waals surface area contributed by atoms with Gasteiger partial charge < -0.3 is 15.4 Å². The highest BCUT2D eigenvalue weighted by Crippen LogP contribution is 2.38. The third-order valence-electron chi connectivity index (χ3n) is 3.45. The van der Waals surface area contributed by atoms with Gasteiger partial charge in [-0.25, -0.2) is 0 Å². The molecular weight excluding hydrogens is 292 g/mol. The van der Waals surface area contributed by atoms with Gasteiger partial charge in [0.15, 0.2) is 0 Å². The molecule has 21 heavy (non-hydrogen) atoms. The first-order chi connectivity index (χ1) is 10.1. The Morgan fingerprint density at radius 2 is 1.81 bits per heavy atom. The Balaban J connectivity index is 1.70. The second-order valence-corrected chi connectivity index (χ2v) is 5.51. The monoisotopic (exact) mass is 310 g/mol. The van der Waals surface area contributed by atoms with Gasteiger partial charge in [0.25, 0.3) is 0 Å². The Morgan fingerprint density at radius 1 is 1.19 bits per heavy atom. The molecule has 1 saturated carbocycles. The van der Waals surface area contributed by atoms with Gasteiger partial charge in [0.05, 0.1) is 18.4 Å². The number of methoxy groups -OCH3 is 1. The summed E-state index contributed by atoms with van der Waals surface area (Å²) in [6.45, 7) is 1.40. The average Bonchev–Trinajstić information content (AvgIpc) is 3.27. The van der Waals surface area contributed by atoms with Crippen LogP contribution in [-0.4, -0.2) is 32.1 Å². The van der Waals surface area contributed by atoms with E-state index in [9.17, 15) is 9.59 Å². The zero-order valence-corrected chi connectivity index (χ0v) is 12.7. The first-order valence-electron chi connectivity index (χ1n) is 6.90. The summed E-state index contributed by atoms with van der Waals surface area (Å²) in [5, 5.41) is 6.26. The van der Waals surface area contributed by atoms with E-state index in [1.165, 1.54) is 0 Å². The van der Waals surface area contributed by atoms with Crippen molar-refractivity contribution < 1.29 is 14.3 Å². The molecule has 1 fully saturated rings. The van der Waals surface area contributed by atoms with Crippen molar-refractivity contribution in [3.8, 4) is 0 Å². The van der Waals surface area contributed by atoms with Crippen LogP contribution in [0.15, 0.2) is 24.3 Å². The van der Waals surface area contributed by atoms with Crippen molar-refractivity contribution in [2.24, 2.45) is 11.8 Å². The molecule has 1 aromatic rings. The molecule has 5 nitrogen and oxygen atoms in total. The molecule has 0 aliphatic heterocycles. The topological polar surface area (TPSA) is 67.4 Å². The van der Waals surface area contributed by atoms with Crippen molar-refractivity contribution >= 4 is 23.4 Å². The molecule has 1 aliphatic carbocycles. The number of hydrogen-bond donors (Lipinski definition) is 2. The summed E-state index contributed by atoms with van der Waals surface area (Å²) >= 11 is 5.80. The van der Waals surface area contributed by atoms with E-state index in [1.807, 2.05) is 12.1 Å². The second-order valence-electron chi connectivity index (χ2n) is 5.08. The summed E-state index contributed by atoms with van der Waals surface area (Å²) in [5.41, 5.74) is 0.981. The van der Waals surface area contributed by atoms with E-state index in [0.717, 1.165) is 5.56 Å². The van der Waals surface area contributed by atoms with E-state index < -0.39 is 0 Å². The minimum absolute atomic E-state index is 0.0707. The highest BCUT2D eigenvalue weighted by atomic mass is 35.5. The lowest BCUT2D eigenvalue weighted by atomic mass is 10.2. The van der Waals surface area contributed by atoms with E-state index in [2.05, 4.69) is 10.6 Å². The van der Waals surface area contributed by atoms with E-state index in [0.29, 0.717) is 31.1 Å². The summed E-state index contributed by atoms with van der Waals surface area (Å²) in [6, 6.07) is 7.30. The van der Waals surface area contributed by atoms with E-state index in [4.69, 9.17) is 16.3 Å². The fourth-order valence-electron chi connectivity index (χ4n) is 2.10. The molecule has 2 unspecified atom stereocenters. The van der Waals surface area contributed by atoms with Gasteiger partial charge in [-0.05, 0) is 24.1 Å². The van der Waals surface area contributed by atoms with Crippen molar-refractivity contribution in [3.05, 3.63) is 34.9 Å². The molecule has 0 spiro atoms. The molecule has 1 aliphatic rings. The Labute approximate surface area is 129 Å². The van der Waals surface area contributed by atoms with Crippen LogP contribution < -0.4 is 10.6 Å². The first kappa shape index (κ1) is 15.8. The standard InChI is InChI=1S/C15H19ClN2O3/c1-21-7-6-17-14(19)12-8-13(12)15(20)18-9-10-2-4-11(16)5-3-10/h2-5,12-13H,6-9H2,1H3,(H,17,19)(H,18,20). The Hall–Kier alpha value is -1.59. The first-order valence-corrected chi connectivity index (χ1v) is 7.28. The van der Waals surface area contributed by atoms with Crippen LogP contribution >= 0.6 is 11.6 Å². The Kier molecular flexibility index (Phi) is 5.59. The molecule has 0 bridgehead atoms. The lowest BCUT2D eigenvalue weighted by Gasteiger charge is -2.06. The number of nitrogens with one attached hydrogen (secondary N) is 2. The number of carbonyl (C=O) groups is 2. The third kappa shape index (κ3) is 4.72. The number of carbonyl (C=O) groups excluding carboxylic acids is 2. The van der Waals surface area contributed by atoms with Gasteiger partial charge in [-0.15, -0.1) is 0 Å². The quantitative estimate of drug-likeness (QED) is 0.747. The number of ether oxygens (including phenoxy) is 1. The predicted molar refractivity (Wildman–Crippen MR) is 79.8 cm³/mol. The number of hydrogen-bond acceptors (Lipinski definition) is 3. The van der Waals surface area contributed by atoms with Crippen molar-refractivity contribution in [2.45, 2.75) is 13.0 Å². The largest absolute Gasteiger partial charge is 0.383 e. The van der Waals surface area contributed by atoms with Crippen LogP contribution in [0, 0.1) is 11.8 Å². The van der Waals surface area contributed by atoms with Crippen molar-refractivity contribution in [1.82, 2.24) is 10.6 Å². The number of rotatable bonds is 7. The Morgan fingerprint density at radius 3 is 2.43 bits per heavy atom. The van der Waals surface area contributed by atoms with E-state index >= 15 is 0 Å². The highest BCUT2D eigenvalue weighted by molar-refractivity contribution is 6.30. The van der Waals surface area contributed by atoms with Gasteiger partial charge >= 0.3 is 0 Å². The van der Waals surface area contributed by atoms with Crippen LogP contribution in [0.2, 0.25) is 5.02 Å². The maximum Gasteiger partial charge on any atom is 0.224 e. The number of halogens is 1. The van der Waals surface area contributed by atoms with Gasteiger partial charge in [0.2, 0.25) is 11.8 Å². The third-order valence-corrected chi connectivity index (χ3v) is 3.70. The lowest BCUT2D eigenvalue weighted by Crippen LogP contribution is -2.31. The summed E-state index contributed by atoms with van der Waals surface area (Å²) in [5.74, 6) is -0.553. The second kappa shape index (κ2) is 7.43. The van der Waals surface area contributed by atoms with Crippen LogP contribution in [0.1, 0.15) is 12.0 Å². The molecule has 2 N–H and O–H groups in total. The summed E-state index contributed by atoms with van der Waals surface area (Å²) in [6.07, 6.45) is 0.616. The molecule has 0 aromatic heterocycles. The van der Waals surface area contributed by atoms with Crippen LogP contribution in [0.4, 0.5) is 0 Å². The Bertz CT molecular complexity index is 504. The van der Waals surface area contributed by atoms with Gasteiger partial charge in [-0.2, -0.15) is 0 Å². The zero-order valence-electron chi connectivity index (χ0n) is 11.9.